The summed E-state index contributed by atoms with van der Waals surface area (Å²) in [5.41, 5.74) is 7.58. The van der Waals surface area contributed by atoms with Crippen molar-refractivity contribution in [2.75, 3.05) is 0 Å². The molecule has 0 fully saturated rings. The van der Waals surface area contributed by atoms with Crippen molar-refractivity contribution in [3.63, 3.8) is 0 Å². The second-order valence-electron chi connectivity index (χ2n) is 5.53. The third-order valence-electron chi connectivity index (χ3n) is 3.89. The molecule has 2 rings (SSSR count). The standard InChI is InChI=1S/C15H23NO/c1-3-6-11(2)9-15(17)10-14(16)12-7-4-5-8-13(12)15/h4-5,7-8,11,14,17H,3,6,9-10,16H2,1-2H3. The molecule has 1 aliphatic carbocycles. The summed E-state index contributed by atoms with van der Waals surface area (Å²) in [6, 6.07) is 8.06. The Balaban J connectivity index is 2.22. The van der Waals surface area contributed by atoms with Crippen LogP contribution in [0, 0.1) is 5.92 Å². The number of benzene rings is 1. The van der Waals surface area contributed by atoms with Crippen molar-refractivity contribution in [2.45, 2.75) is 51.2 Å². The molecule has 94 valence electrons. The highest BCUT2D eigenvalue weighted by atomic mass is 16.3. The Kier molecular flexibility index (Phi) is 3.55. The number of nitrogens with two attached hydrogens (primary N) is 1. The van der Waals surface area contributed by atoms with Gasteiger partial charge in [-0.3, -0.25) is 0 Å². The SMILES string of the molecule is CCCC(C)CC1(O)CC(N)c2ccccc21. The summed E-state index contributed by atoms with van der Waals surface area (Å²) >= 11 is 0. The molecule has 2 nitrogen and oxygen atoms in total. The molecule has 0 bridgehead atoms. The van der Waals surface area contributed by atoms with E-state index in [9.17, 15) is 5.11 Å². The van der Waals surface area contributed by atoms with Crippen molar-refractivity contribution in [2.24, 2.45) is 11.7 Å². The second kappa shape index (κ2) is 4.79. The van der Waals surface area contributed by atoms with Gasteiger partial charge in [-0.25, -0.2) is 0 Å². The van der Waals surface area contributed by atoms with Crippen LogP contribution in [0.5, 0.6) is 0 Å². The summed E-state index contributed by atoms with van der Waals surface area (Å²) in [5, 5.41) is 10.8. The normalized spacial score (nSPS) is 29.1. The zero-order valence-corrected chi connectivity index (χ0v) is 10.8. The first-order valence-electron chi connectivity index (χ1n) is 6.64. The maximum Gasteiger partial charge on any atom is 0.0920 e. The van der Waals surface area contributed by atoms with E-state index in [0.717, 1.165) is 17.5 Å². The number of rotatable bonds is 4. The molecule has 0 radical (unpaired) electrons. The molecule has 1 aliphatic rings. The molecule has 3 unspecified atom stereocenters. The van der Waals surface area contributed by atoms with Gasteiger partial charge in [0.2, 0.25) is 0 Å². The molecule has 0 heterocycles. The molecule has 3 atom stereocenters. The van der Waals surface area contributed by atoms with E-state index in [1.54, 1.807) is 0 Å². The van der Waals surface area contributed by atoms with Crippen LogP contribution < -0.4 is 5.73 Å². The first-order chi connectivity index (χ1) is 8.07. The van der Waals surface area contributed by atoms with Crippen molar-refractivity contribution >= 4 is 0 Å². The van der Waals surface area contributed by atoms with Crippen molar-refractivity contribution < 1.29 is 5.11 Å². The van der Waals surface area contributed by atoms with E-state index in [2.05, 4.69) is 13.8 Å². The maximum atomic E-state index is 10.8. The summed E-state index contributed by atoms with van der Waals surface area (Å²) in [4.78, 5) is 0. The summed E-state index contributed by atoms with van der Waals surface area (Å²) in [5.74, 6) is 0.545. The van der Waals surface area contributed by atoms with Crippen LogP contribution in [-0.4, -0.2) is 5.11 Å². The molecule has 3 N–H and O–H groups in total. The fourth-order valence-corrected chi connectivity index (χ4v) is 3.19. The van der Waals surface area contributed by atoms with Crippen molar-refractivity contribution in [3.05, 3.63) is 35.4 Å². The molecular weight excluding hydrogens is 210 g/mol. The first kappa shape index (κ1) is 12.6. The Bertz CT molecular complexity index is 390. The van der Waals surface area contributed by atoms with E-state index in [-0.39, 0.29) is 6.04 Å². The molecule has 1 aromatic rings. The minimum Gasteiger partial charge on any atom is -0.385 e. The van der Waals surface area contributed by atoms with Gasteiger partial charge < -0.3 is 10.8 Å². The Morgan fingerprint density at radius 1 is 1.47 bits per heavy atom. The van der Waals surface area contributed by atoms with Gasteiger partial charge in [0.05, 0.1) is 5.60 Å². The van der Waals surface area contributed by atoms with Gasteiger partial charge in [0.25, 0.3) is 0 Å². The lowest BCUT2D eigenvalue weighted by Crippen LogP contribution is -2.26. The molecule has 17 heavy (non-hydrogen) atoms. The lowest BCUT2D eigenvalue weighted by Gasteiger charge is -2.27. The zero-order chi connectivity index (χ0) is 12.5. The van der Waals surface area contributed by atoms with E-state index in [1.165, 1.54) is 12.8 Å². The number of fused-ring (bicyclic) bond motifs is 1. The fourth-order valence-electron chi connectivity index (χ4n) is 3.19. The van der Waals surface area contributed by atoms with E-state index in [0.29, 0.717) is 12.3 Å². The molecular formula is C15H23NO. The molecule has 1 aromatic carbocycles. The lowest BCUT2D eigenvalue weighted by atomic mass is 9.84. The largest absolute Gasteiger partial charge is 0.385 e. The average molecular weight is 233 g/mol. The molecule has 0 spiro atoms. The van der Waals surface area contributed by atoms with Crippen LogP contribution in [0.25, 0.3) is 0 Å². The Hall–Kier alpha value is -0.860. The third-order valence-corrected chi connectivity index (χ3v) is 3.89. The number of aliphatic hydroxyl groups is 1. The Morgan fingerprint density at radius 2 is 2.18 bits per heavy atom. The summed E-state index contributed by atoms with van der Waals surface area (Å²) in [6.07, 6.45) is 3.83. The molecule has 0 amide bonds. The van der Waals surface area contributed by atoms with Gasteiger partial charge in [0, 0.05) is 6.04 Å². The highest BCUT2D eigenvalue weighted by Gasteiger charge is 2.41. The zero-order valence-electron chi connectivity index (χ0n) is 10.8. The Morgan fingerprint density at radius 3 is 2.88 bits per heavy atom. The summed E-state index contributed by atoms with van der Waals surface area (Å²) in [7, 11) is 0. The van der Waals surface area contributed by atoms with E-state index < -0.39 is 5.60 Å². The highest BCUT2D eigenvalue weighted by molar-refractivity contribution is 5.39. The van der Waals surface area contributed by atoms with Crippen molar-refractivity contribution in [1.82, 2.24) is 0 Å². The quantitative estimate of drug-likeness (QED) is 0.839. The van der Waals surface area contributed by atoms with Crippen LogP contribution in [0.2, 0.25) is 0 Å². The molecule has 0 saturated heterocycles. The van der Waals surface area contributed by atoms with Crippen LogP contribution in [0.15, 0.2) is 24.3 Å². The number of hydrogen-bond acceptors (Lipinski definition) is 2. The number of hydrogen-bond donors (Lipinski definition) is 2. The maximum absolute atomic E-state index is 10.8. The summed E-state index contributed by atoms with van der Waals surface area (Å²) < 4.78 is 0. The van der Waals surface area contributed by atoms with Crippen LogP contribution in [0.3, 0.4) is 0 Å². The Labute approximate surface area is 104 Å². The topological polar surface area (TPSA) is 46.2 Å². The van der Waals surface area contributed by atoms with Crippen LogP contribution in [-0.2, 0) is 5.60 Å². The lowest BCUT2D eigenvalue weighted by molar-refractivity contribution is 0.00959. The van der Waals surface area contributed by atoms with Gasteiger partial charge in [-0.05, 0) is 29.9 Å². The monoisotopic (exact) mass is 233 g/mol. The predicted octanol–water partition coefficient (Wildman–Crippen LogP) is 3.10. The van der Waals surface area contributed by atoms with Gasteiger partial charge in [-0.1, -0.05) is 51.0 Å². The van der Waals surface area contributed by atoms with Gasteiger partial charge in [-0.15, -0.1) is 0 Å². The minimum atomic E-state index is -0.704. The smallest absolute Gasteiger partial charge is 0.0920 e. The van der Waals surface area contributed by atoms with E-state index >= 15 is 0 Å². The van der Waals surface area contributed by atoms with Crippen LogP contribution >= 0.6 is 0 Å². The van der Waals surface area contributed by atoms with Gasteiger partial charge in [0.15, 0.2) is 0 Å². The third kappa shape index (κ3) is 2.38. The predicted molar refractivity (Wildman–Crippen MR) is 70.6 cm³/mol. The van der Waals surface area contributed by atoms with Crippen molar-refractivity contribution in [1.29, 1.82) is 0 Å². The highest BCUT2D eigenvalue weighted by Crippen LogP contribution is 2.45. The van der Waals surface area contributed by atoms with Crippen LogP contribution in [0.1, 0.15) is 56.7 Å². The molecule has 0 saturated carbocycles. The first-order valence-corrected chi connectivity index (χ1v) is 6.64. The van der Waals surface area contributed by atoms with E-state index in [1.807, 2.05) is 24.3 Å². The second-order valence-corrected chi connectivity index (χ2v) is 5.53. The van der Waals surface area contributed by atoms with Crippen LogP contribution in [0.4, 0.5) is 0 Å². The van der Waals surface area contributed by atoms with Gasteiger partial charge in [-0.2, -0.15) is 0 Å². The molecule has 2 heteroatoms. The van der Waals surface area contributed by atoms with E-state index in [4.69, 9.17) is 5.73 Å². The van der Waals surface area contributed by atoms with Crippen molar-refractivity contribution in [3.8, 4) is 0 Å². The average Bonchev–Trinajstić information content (AvgIpc) is 2.52. The van der Waals surface area contributed by atoms with Gasteiger partial charge >= 0.3 is 0 Å². The van der Waals surface area contributed by atoms with Gasteiger partial charge in [0.1, 0.15) is 0 Å². The molecule has 0 aliphatic heterocycles. The summed E-state index contributed by atoms with van der Waals surface area (Å²) in [6.45, 7) is 4.41. The fraction of sp³-hybridized carbons (Fsp3) is 0.600. The minimum absolute atomic E-state index is 0.00923. The molecule has 0 aromatic heterocycles.